The molecule has 0 aliphatic carbocycles. The number of fused-ring (bicyclic) bond motifs is 1. The molecule has 7 heteroatoms. The fraction of sp³-hybridized carbons (Fsp3) is 0. The summed E-state index contributed by atoms with van der Waals surface area (Å²) >= 11 is 4.32. The van der Waals surface area contributed by atoms with Gasteiger partial charge in [-0.05, 0) is 12.1 Å². The number of hydrogen-bond acceptors (Lipinski definition) is 4. The zero-order chi connectivity index (χ0) is 10.9. The van der Waals surface area contributed by atoms with Crippen LogP contribution < -0.4 is 4.52 Å². The van der Waals surface area contributed by atoms with Crippen molar-refractivity contribution in [2.45, 2.75) is 0 Å². The molecule has 1 heterocycles. The van der Waals surface area contributed by atoms with Crippen LogP contribution >= 0.6 is 6.72 Å². The van der Waals surface area contributed by atoms with E-state index in [9.17, 15) is 0 Å². The van der Waals surface area contributed by atoms with Crippen molar-refractivity contribution in [1.29, 1.82) is 0 Å². The van der Waals surface area contributed by atoms with Crippen LogP contribution in [0.25, 0.3) is 11.0 Å². The molecule has 0 aliphatic rings. The van der Waals surface area contributed by atoms with Crippen LogP contribution in [0, 0.1) is 0 Å². The average Bonchev–Trinajstić information content (AvgIpc) is 2.15. The Hall–Kier alpha value is -1.07. The van der Waals surface area contributed by atoms with E-state index < -0.39 is 6.72 Å². The van der Waals surface area contributed by atoms with E-state index >= 15 is 0 Å². The lowest BCUT2D eigenvalue weighted by molar-refractivity contribution is 0.364. The minimum absolute atomic E-state index is 0.0158. The highest BCUT2D eigenvalue weighted by Gasteiger charge is 2.11. The zero-order valence-corrected chi connectivity index (χ0v) is 9.15. The Kier molecular flexibility index (Phi) is 2.67. The second-order valence-corrected chi connectivity index (χ2v) is 5.37. The van der Waals surface area contributed by atoms with E-state index in [0.29, 0.717) is 11.0 Å². The van der Waals surface area contributed by atoms with Gasteiger partial charge in [0.1, 0.15) is 0 Å². The molecule has 0 bridgehead atoms. The van der Waals surface area contributed by atoms with Crippen molar-refractivity contribution in [3.8, 4) is 5.88 Å². The molecular weight excluding hydrogens is 235 g/mol. The monoisotopic (exact) mass is 242 g/mol. The molecule has 0 atom stereocenters. The van der Waals surface area contributed by atoms with Crippen LogP contribution in [0.1, 0.15) is 0 Å². The summed E-state index contributed by atoms with van der Waals surface area (Å²) in [5, 5.41) is 0. The van der Waals surface area contributed by atoms with Gasteiger partial charge in [-0.2, -0.15) is 0 Å². The third kappa shape index (κ3) is 2.70. The van der Waals surface area contributed by atoms with Crippen LogP contribution in [-0.4, -0.2) is 19.8 Å². The number of rotatable bonds is 2. The first-order chi connectivity index (χ1) is 7.04. The number of aromatic nitrogens is 2. The second kappa shape index (κ2) is 3.83. The van der Waals surface area contributed by atoms with Crippen molar-refractivity contribution in [2.24, 2.45) is 0 Å². The summed E-state index contributed by atoms with van der Waals surface area (Å²) in [6, 6.07) is 7.17. The minimum Gasteiger partial charge on any atom is -0.404 e. The summed E-state index contributed by atoms with van der Waals surface area (Å²) < 4.78 is 4.67. The van der Waals surface area contributed by atoms with Crippen LogP contribution in [-0.2, 0) is 11.8 Å². The van der Waals surface area contributed by atoms with Crippen molar-refractivity contribution < 1.29 is 14.3 Å². The van der Waals surface area contributed by atoms with Crippen molar-refractivity contribution in [2.75, 3.05) is 0 Å². The Morgan fingerprint density at radius 2 is 1.87 bits per heavy atom. The Balaban J connectivity index is 2.43. The second-order valence-electron chi connectivity index (χ2n) is 2.78. The molecule has 0 unspecified atom stereocenters. The Bertz CT molecular complexity index is 542. The van der Waals surface area contributed by atoms with Crippen LogP contribution in [0.15, 0.2) is 30.5 Å². The van der Waals surface area contributed by atoms with Gasteiger partial charge in [-0.15, -0.1) is 0 Å². The van der Waals surface area contributed by atoms with E-state index in [1.807, 2.05) is 6.07 Å². The van der Waals surface area contributed by atoms with Crippen LogP contribution in [0.4, 0.5) is 0 Å². The molecule has 0 spiro atoms. The fourth-order valence-electron chi connectivity index (χ4n) is 1.11. The quantitative estimate of drug-likeness (QED) is 0.771. The largest absolute Gasteiger partial charge is 0.404 e. The molecular formula is C8H7N2O3PS. The van der Waals surface area contributed by atoms with E-state index in [1.165, 1.54) is 6.20 Å². The molecule has 0 amide bonds. The zero-order valence-electron chi connectivity index (χ0n) is 7.44. The standard InChI is InChI=1S/C8H7N2O3PS/c11-14(12,15)13-8-5-9-6-3-1-2-4-7(6)10-8/h1-5H,(H2,11,12,15). The summed E-state index contributed by atoms with van der Waals surface area (Å²) in [5.41, 5.74) is 1.31. The molecule has 0 saturated carbocycles. The highest BCUT2D eigenvalue weighted by molar-refractivity contribution is 8.06. The third-order valence-corrected chi connectivity index (χ3v) is 2.29. The van der Waals surface area contributed by atoms with E-state index in [1.54, 1.807) is 18.2 Å². The van der Waals surface area contributed by atoms with E-state index in [4.69, 9.17) is 9.79 Å². The molecule has 0 saturated heterocycles. The Morgan fingerprint density at radius 3 is 2.53 bits per heavy atom. The van der Waals surface area contributed by atoms with Gasteiger partial charge in [0.25, 0.3) is 0 Å². The lowest BCUT2D eigenvalue weighted by Crippen LogP contribution is -1.94. The fourth-order valence-corrected chi connectivity index (χ4v) is 1.67. The first-order valence-corrected chi connectivity index (χ1v) is 6.64. The van der Waals surface area contributed by atoms with Gasteiger partial charge >= 0.3 is 6.72 Å². The summed E-state index contributed by atoms with van der Waals surface area (Å²) in [6.45, 7) is -3.73. The summed E-state index contributed by atoms with van der Waals surface area (Å²) in [5.74, 6) is 0.0158. The van der Waals surface area contributed by atoms with Crippen molar-refractivity contribution >= 4 is 29.6 Å². The maximum atomic E-state index is 8.93. The van der Waals surface area contributed by atoms with Gasteiger partial charge in [0.15, 0.2) is 0 Å². The number of para-hydroxylation sites is 2. The predicted molar refractivity (Wildman–Crippen MR) is 58.9 cm³/mol. The van der Waals surface area contributed by atoms with Crippen molar-refractivity contribution in [3.63, 3.8) is 0 Å². The SMILES string of the molecule is OP(O)(=S)Oc1cnc2ccccc2n1. The lowest BCUT2D eigenvalue weighted by atomic mass is 10.3. The molecule has 2 aromatic rings. The Morgan fingerprint density at radius 1 is 1.20 bits per heavy atom. The van der Waals surface area contributed by atoms with Gasteiger partial charge in [0, 0.05) is 11.8 Å². The lowest BCUT2D eigenvalue weighted by Gasteiger charge is -2.08. The molecule has 2 rings (SSSR count). The van der Waals surface area contributed by atoms with Crippen molar-refractivity contribution in [1.82, 2.24) is 9.97 Å². The van der Waals surface area contributed by atoms with Gasteiger partial charge in [-0.3, -0.25) is 0 Å². The normalized spacial score (nSPS) is 11.6. The highest BCUT2D eigenvalue weighted by Crippen LogP contribution is 2.36. The molecule has 78 valence electrons. The highest BCUT2D eigenvalue weighted by atomic mass is 32.5. The molecule has 5 nitrogen and oxygen atoms in total. The third-order valence-electron chi connectivity index (χ3n) is 1.64. The number of hydrogen-bond donors (Lipinski definition) is 2. The molecule has 15 heavy (non-hydrogen) atoms. The average molecular weight is 242 g/mol. The van der Waals surface area contributed by atoms with Gasteiger partial charge in [0.2, 0.25) is 5.88 Å². The van der Waals surface area contributed by atoms with Crippen molar-refractivity contribution in [3.05, 3.63) is 30.5 Å². The van der Waals surface area contributed by atoms with E-state index in [-0.39, 0.29) is 5.88 Å². The van der Waals surface area contributed by atoms with Crippen LogP contribution in [0.5, 0.6) is 5.88 Å². The first-order valence-electron chi connectivity index (χ1n) is 4.01. The van der Waals surface area contributed by atoms with Gasteiger partial charge in [-0.25, -0.2) is 9.97 Å². The van der Waals surface area contributed by atoms with Gasteiger partial charge < -0.3 is 14.3 Å². The Labute approximate surface area is 90.6 Å². The molecule has 2 N–H and O–H groups in total. The molecule has 1 aromatic heterocycles. The first kappa shape index (κ1) is 10.4. The number of benzene rings is 1. The van der Waals surface area contributed by atoms with E-state index in [0.717, 1.165) is 0 Å². The smallest absolute Gasteiger partial charge is 0.376 e. The maximum absolute atomic E-state index is 8.93. The summed E-state index contributed by atoms with van der Waals surface area (Å²) in [4.78, 5) is 25.9. The maximum Gasteiger partial charge on any atom is 0.376 e. The molecule has 0 fully saturated rings. The number of nitrogens with zero attached hydrogens (tertiary/aromatic N) is 2. The molecule has 0 radical (unpaired) electrons. The summed E-state index contributed by atoms with van der Waals surface area (Å²) in [6.07, 6.45) is 1.30. The molecule has 0 aliphatic heterocycles. The van der Waals surface area contributed by atoms with Gasteiger partial charge in [-0.1, -0.05) is 12.1 Å². The topological polar surface area (TPSA) is 75.5 Å². The summed E-state index contributed by atoms with van der Waals surface area (Å²) in [7, 11) is 0. The van der Waals surface area contributed by atoms with E-state index in [2.05, 4.69) is 26.3 Å². The molecule has 1 aromatic carbocycles. The minimum atomic E-state index is -3.73. The van der Waals surface area contributed by atoms with Gasteiger partial charge in [0.05, 0.1) is 17.2 Å². The van der Waals surface area contributed by atoms with Crippen LogP contribution in [0.2, 0.25) is 0 Å². The van der Waals surface area contributed by atoms with Crippen LogP contribution in [0.3, 0.4) is 0 Å². The predicted octanol–water partition coefficient (Wildman–Crippen LogP) is 1.22.